The summed E-state index contributed by atoms with van der Waals surface area (Å²) < 4.78 is 1.95. The highest BCUT2D eigenvalue weighted by Crippen LogP contribution is 2.24. The zero-order chi connectivity index (χ0) is 20.0. The van der Waals surface area contributed by atoms with E-state index >= 15 is 0 Å². The molecule has 27 heavy (non-hydrogen) atoms. The summed E-state index contributed by atoms with van der Waals surface area (Å²) in [5, 5.41) is 12.3. The molecule has 0 bridgehead atoms. The summed E-state index contributed by atoms with van der Waals surface area (Å²) >= 11 is 7.45. The molecule has 0 aliphatic heterocycles. The Morgan fingerprint density at radius 1 is 1.33 bits per heavy atom. The van der Waals surface area contributed by atoms with Crippen molar-refractivity contribution in [2.45, 2.75) is 45.3 Å². The van der Waals surface area contributed by atoms with E-state index in [1.165, 1.54) is 11.8 Å². The topological polar surface area (TPSA) is 103 Å². The van der Waals surface area contributed by atoms with E-state index in [1.54, 1.807) is 12.1 Å². The summed E-state index contributed by atoms with van der Waals surface area (Å²) in [6.07, 6.45) is 0.647. The first-order valence-corrected chi connectivity index (χ1v) is 10.0. The molecule has 1 aromatic heterocycles. The molecular formula is C18H24ClN5O2S. The zero-order valence-corrected chi connectivity index (χ0v) is 17.2. The molecule has 2 rings (SSSR count). The lowest BCUT2D eigenvalue weighted by Crippen LogP contribution is -2.17. The van der Waals surface area contributed by atoms with Crippen LogP contribution in [-0.4, -0.2) is 32.3 Å². The van der Waals surface area contributed by atoms with Gasteiger partial charge in [-0.2, -0.15) is 0 Å². The van der Waals surface area contributed by atoms with E-state index in [0.717, 1.165) is 5.56 Å². The van der Waals surface area contributed by atoms with Crippen molar-refractivity contribution in [1.29, 1.82) is 0 Å². The fourth-order valence-electron chi connectivity index (χ4n) is 2.43. The van der Waals surface area contributed by atoms with Crippen molar-refractivity contribution in [2.75, 3.05) is 11.1 Å². The van der Waals surface area contributed by atoms with Crippen LogP contribution in [-0.2, 0) is 22.6 Å². The van der Waals surface area contributed by atoms with Gasteiger partial charge in [0.15, 0.2) is 5.16 Å². The highest BCUT2D eigenvalue weighted by atomic mass is 35.5. The van der Waals surface area contributed by atoms with Gasteiger partial charge in [0.05, 0.1) is 16.5 Å². The van der Waals surface area contributed by atoms with Crippen LogP contribution < -0.4 is 11.1 Å². The number of rotatable bonds is 9. The number of carbonyl (C=O) groups is 2. The van der Waals surface area contributed by atoms with Gasteiger partial charge in [0.25, 0.3) is 0 Å². The first kappa shape index (κ1) is 21.2. The van der Waals surface area contributed by atoms with Crippen LogP contribution in [0.2, 0.25) is 5.02 Å². The van der Waals surface area contributed by atoms with E-state index < -0.39 is 0 Å². The maximum atomic E-state index is 12.3. The van der Waals surface area contributed by atoms with Crippen molar-refractivity contribution in [1.82, 2.24) is 14.8 Å². The zero-order valence-electron chi connectivity index (χ0n) is 15.7. The summed E-state index contributed by atoms with van der Waals surface area (Å²) in [5.41, 5.74) is 6.83. The van der Waals surface area contributed by atoms with Gasteiger partial charge in [-0.25, -0.2) is 0 Å². The minimum absolute atomic E-state index is 0.177. The average Bonchev–Trinajstić information content (AvgIpc) is 2.95. The maximum Gasteiger partial charge on any atom is 0.234 e. The van der Waals surface area contributed by atoms with E-state index in [0.29, 0.717) is 40.6 Å². The van der Waals surface area contributed by atoms with Crippen LogP contribution in [0.3, 0.4) is 0 Å². The SMILES string of the molecule is Cc1ccc(NC(=O)CSc2nnc(CCC(N)=O)n2CC(C)C)c(Cl)c1. The molecule has 2 amide bonds. The Bertz CT molecular complexity index is 822. The number of nitrogens with zero attached hydrogens (tertiary/aromatic N) is 3. The summed E-state index contributed by atoms with van der Waals surface area (Å²) in [6.45, 7) is 6.80. The van der Waals surface area contributed by atoms with Crippen molar-refractivity contribution in [3.63, 3.8) is 0 Å². The number of hydrogen-bond donors (Lipinski definition) is 2. The number of nitrogens with one attached hydrogen (secondary N) is 1. The van der Waals surface area contributed by atoms with E-state index in [-0.39, 0.29) is 24.0 Å². The van der Waals surface area contributed by atoms with E-state index in [9.17, 15) is 9.59 Å². The first-order valence-electron chi connectivity index (χ1n) is 8.65. The standard InChI is InChI=1S/C18H24ClN5O2S/c1-11(2)9-24-16(7-6-15(20)25)22-23-18(24)27-10-17(26)21-14-5-4-12(3)8-13(14)19/h4-5,8,11H,6-7,9-10H2,1-3H3,(H2,20,25)(H,21,26). The number of aromatic nitrogens is 3. The lowest BCUT2D eigenvalue weighted by Gasteiger charge is -2.12. The lowest BCUT2D eigenvalue weighted by atomic mass is 10.2. The Labute approximate surface area is 168 Å². The smallest absolute Gasteiger partial charge is 0.234 e. The van der Waals surface area contributed by atoms with E-state index in [2.05, 4.69) is 29.4 Å². The molecule has 7 nitrogen and oxygen atoms in total. The van der Waals surface area contributed by atoms with Gasteiger partial charge in [-0.05, 0) is 30.5 Å². The Kier molecular flexibility index (Phi) is 7.67. The Morgan fingerprint density at radius 2 is 2.07 bits per heavy atom. The van der Waals surface area contributed by atoms with Crippen molar-refractivity contribution in [3.8, 4) is 0 Å². The molecule has 0 saturated carbocycles. The van der Waals surface area contributed by atoms with Crippen LogP contribution in [0.1, 0.15) is 31.7 Å². The Hall–Kier alpha value is -2.06. The molecule has 0 aliphatic carbocycles. The predicted octanol–water partition coefficient (Wildman–Crippen LogP) is 3.04. The monoisotopic (exact) mass is 409 g/mol. The van der Waals surface area contributed by atoms with E-state index in [1.807, 2.05) is 17.6 Å². The number of amides is 2. The highest BCUT2D eigenvalue weighted by Gasteiger charge is 2.16. The second-order valence-corrected chi connectivity index (χ2v) is 8.04. The van der Waals surface area contributed by atoms with Gasteiger partial charge in [-0.3, -0.25) is 9.59 Å². The van der Waals surface area contributed by atoms with Crippen molar-refractivity contribution in [3.05, 3.63) is 34.6 Å². The number of hydrogen-bond acceptors (Lipinski definition) is 5. The molecule has 0 atom stereocenters. The van der Waals surface area contributed by atoms with Gasteiger partial charge in [-0.15, -0.1) is 10.2 Å². The molecule has 1 heterocycles. The van der Waals surface area contributed by atoms with Gasteiger partial charge in [0.1, 0.15) is 5.82 Å². The highest BCUT2D eigenvalue weighted by molar-refractivity contribution is 7.99. The summed E-state index contributed by atoms with van der Waals surface area (Å²) in [5.74, 6) is 0.692. The Morgan fingerprint density at radius 3 is 2.70 bits per heavy atom. The largest absolute Gasteiger partial charge is 0.370 e. The van der Waals surface area contributed by atoms with Crippen LogP contribution in [0.15, 0.2) is 23.4 Å². The molecule has 0 radical (unpaired) electrons. The van der Waals surface area contributed by atoms with Crippen LogP contribution in [0.25, 0.3) is 0 Å². The fourth-order valence-corrected chi connectivity index (χ4v) is 3.48. The Balaban J connectivity index is 2.03. The first-order chi connectivity index (χ1) is 12.8. The third-order valence-electron chi connectivity index (χ3n) is 3.67. The van der Waals surface area contributed by atoms with Crippen LogP contribution in [0.4, 0.5) is 5.69 Å². The molecule has 0 fully saturated rings. The third kappa shape index (κ3) is 6.55. The second-order valence-electron chi connectivity index (χ2n) is 6.69. The second kappa shape index (κ2) is 9.75. The molecule has 0 unspecified atom stereocenters. The number of aryl methyl sites for hydroxylation is 2. The molecule has 0 spiro atoms. The van der Waals surface area contributed by atoms with Gasteiger partial charge in [0, 0.05) is 19.4 Å². The third-order valence-corrected chi connectivity index (χ3v) is 4.95. The van der Waals surface area contributed by atoms with Gasteiger partial charge in [-0.1, -0.05) is 43.3 Å². The minimum Gasteiger partial charge on any atom is -0.370 e. The average molecular weight is 410 g/mol. The van der Waals surface area contributed by atoms with Crippen molar-refractivity contribution >= 4 is 40.9 Å². The molecule has 1 aromatic carbocycles. The number of nitrogens with two attached hydrogens (primary N) is 1. The number of benzene rings is 1. The molecule has 2 aromatic rings. The van der Waals surface area contributed by atoms with Crippen molar-refractivity contribution in [2.24, 2.45) is 11.7 Å². The normalized spacial score (nSPS) is 11.0. The predicted molar refractivity (Wildman–Crippen MR) is 108 cm³/mol. The van der Waals surface area contributed by atoms with E-state index in [4.69, 9.17) is 17.3 Å². The number of anilines is 1. The lowest BCUT2D eigenvalue weighted by molar-refractivity contribution is -0.118. The fraction of sp³-hybridized carbons (Fsp3) is 0.444. The summed E-state index contributed by atoms with van der Waals surface area (Å²) in [7, 11) is 0. The molecule has 0 saturated heterocycles. The number of carbonyl (C=O) groups excluding carboxylic acids is 2. The van der Waals surface area contributed by atoms with Crippen molar-refractivity contribution < 1.29 is 9.59 Å². The molecule has 0 aliphatic rings. The molecular weight excluding hydrogens is 386 g/mol. The molecule has 3 N–H and O–H groups in total. The molecule has 146 valence electrons. The maximum absolute atomic E-state index is 12.3. The van der Waals surface area contributed by atoms with Gasteiger partial charge >= 0.3 is 0 Å². The number of thioether (sulfide) groups is 1. The number of halogens is 1. The minimum atomic E-state index is -0.377. The van der Waals surface area contributed by atoms with Crippen LogP contribution >= 0.6 is 23.4 Å². The summed E-state index contributed by atoms with van der Waals surface area (Å²) in [6, 6.07) is 5.47. The van der Waals surface area contributed by atoms with Gasteiger partial charge < -0.3 is 15.6 Å². The summed E-state index contributed by atoms with van der Waals surface area (Å²) in [4.78, 5) is 23.3. The van der Waals surface area contributed by atoms with Gasteiger partial charge in [0.2, 0.25) is 11.8 Å². The van der Waals surface area contributed by atoms with Crippen LogP contribution in [0.5, 0.6) is 0 Å². The quantitative estimate of drug-likeness (QED) is 0.619. The molecule has 9 heteroatoms. The van der Waals surface area contributed by atoms with Crippen LogP contribution in [0, 0.1) is 12.8 Å². The number of primary amides is 1.